The lowest BCUT2D eigenvalue weighted by atomic mass is 10.1. The van der Waals surface area contributed by atoms with Gasteiger partial charge in [-0.25, -0.2) is 8.78 Å². The Morgan fingerprint density at radius 2 is 2.09 bits per heavy atom. The van der Waals surface area contributed by atoms with Crippen molar-refractivity contribution in [2.45, 2.75) is 32.6 Å². The molecule has 0 aliphatic rings. The van der Waals surface area contributed by atoms with E-state index in [1.165, 1.54) is 6.07 Å². The molecule has 118 valence electrons. The molecule has 0 saturated heterocycles. The number of carbonyl (C=O) groups is 1. The van der Waals surface area contributed by atoms with Crippen molar-refractivity contribution in [1.82, 2.24) is 15.5 Å². The minimum absolute atomic E-state index is 0.0892. The van der Waals surface area contributed by atoms with Crippen LogP contribution in [0.3, 0.4) is 0 Å². The van der Waals surface area contributed by atoms with Gasteiger partial charge in [0.1, 0.15) is 0 Å². The van der Waals surface area contributed by atoms with Gasteiger partial charge in [0.05, 0.1) is 6.20 Å². The van der Waals surface area contributed by atoms with Crippen LogP contribution >= 0.6 is 0 Å². The quantitative estimate of drug-likeness (QED) is 0.773. The van der Waals surface area contributed by atoms with E-state index in [0.29, 0.717) is 18.5 Å². The molecule has 2 aromatic rings. The Morgan fingerprint density at radius 3 is 2.77 bits per heavy atom. The monoisotopic (exact) mass is 307 g/mol. The van der Waals surface area contributed by atoms with Gasteiger partial charge in [-0.15, -0.1) is 0 Å². The molecule has 1 amide bonds. The van der Waals surface area contributed by atoms with Crippen LogP contribution in [0.2, 0.25) is 0 Å². The number of hydrogen-bond donors (Lipinski definition) is 2. The third kappa shape index (κ3) is 4.65. The van der Waals surface area contributed by atoms with E-state index in [-0.39, 0.29) is 12.3 Å². The van der Waals surface area contributed by atoms with Crippen molar-refractivity contribution in [1.29, 1.82) is 0 Å². The second-order valence-corrected chi connectivity index (χ2v) is 5.22. The van der Waals surface area contributed by atoms with Gasteiger partial charge in [0.15, 0.2) is 11.6 Å². The molecule has 2 rings (SSSR count). The number of nitrogens with one attached hydrogen (secondary N) is 2. The first kappa shape index (κ1) is 16.1. The fraction of sp³-hybridized carbons (Fsp3) is 0.375. The summed E-state index contributed by atoms with van der Waals surface area (Å²) < 4.78 is 25.8. The molecular formula is C16H19F2N3O. The van der Waals surface area contributed by atoms with E-state index in [4.69, 9.17) is 0 Å². The first-order chi connectivity index (χ1) is 10.6. The van der Waals surface area contributed by atoms with Crippen molar-refractivity contribution in [3.63, 3.8) is 0 Å². The fourth-order valence-electron chi connectivity index (χ4n) is 2.18. The summed E-state index contributed by atoms with van der Waals surface area (Å²) in [5.74, 6) is -1.84. The molecule has 22 heavy (non-hydrogen) atoms. The van der Waals surface area contributed by atoms with E-state index in [0.717, 1.165) is 36.2 Å². The fourth-order valence-corrected chi connectivity index (χ4v) is 2.18. The molecule has 0 spiro atoms. The number of halogens is 2. The van der Waals surface area contributed by atoms with Crippen LogP contribution in [0.5, 0.6) is 0 Å². The van der Waals surface area contributed by atoms with Crippen molar-refractivity contribution in [2.24, 2.45) is 0 Å². The van der Waals surface area contributed by atoms with Crippen LogP contribution in [0.25, 0.3) is 0 Å². The zero-order valence-corrected chi connectivity index (χ0v) is 12.5. The maximum absolute atomic E-state index is 13.0. The number of amides is 1. The number of carbonyl (C=O) groups excluding carboxylic acids is 1. The first-order valence-corrected chi connectivity index (χ1v) is 7.25. The Hall–Kier alpha value is -2.24. The summed E-state index contributed by atoms with van der Waals surface area (Å²) >= 11 is 0. The van der Waals surface area contributed by atoms with E-state index in [2.05, 4.69) is 15.5 Å². The van der Waals surface area contributed by atoms with Gasteiger partial charge in [0.25, 0.3) is 0 Å². The molecule has 2 N–H and O–H groups in total. The number of benzene rings is 1. The van der Waals surface area contributed by atoms with Crippen LogP contribution in [0, 0.1) is 18.6 Å². The molecule has 0 aliphatic carbocycles. The lowest BCUT2D eigenvalue weighted by Crippen LogP contribution is -2.25. The summed E-state index contributed by atoms with van der Waals surface area (Å²) in [5, 5.41) is 9.64. The highest BCUT2D eigenvalue weighted by Crippen LogP contribution is 2.10. The van der Waals surface area contributed by atoms with Gasteiger partial charge < -0.3 is 5.32 Å². The third-order valence-corrected chi connectivity index (χ3v) is 3.50. The van der Waals surface area contributed by atoms with Crippen molar-refractivity contribution < 1.29 is 13.6 Å². The largest absolute Gasteiger partial charge is 0.356 e. The van der Waals surface area contributed by atoms with E-state index in [1.807, 2.05) is 6.92 Å². The molecule has 0 radical (unpaired) electrons. The average molecular weight is 307 g/mol. The number of H-pyrrole nitrogens is 1. The van der Waals surface area contributed by atoms with Gasteiger partial charge >= 0.3 is 0 Å². The van der Waals surface area contributed by atoms with Crippen molar-refractivity contribution >= 4 is 5.91 Å². The highest BCUT2D eigenvalue weighted by atomic mass is 19.2. The summed E-state index contributed by atoms with van der Waals surface area (Å²) in [6.07, 6.45) is 4.13. The smallest absolute Gasteiger partial charge is 0.220 e. The lowest BCUT2D eigenvalue weighted by molar-refractivity contribution is -0.121. The topological polar surface area (TPSA) is 57.8 Å². The van der Waals surface area contributed by atoms with E-state index in [9.17, 15) is 13.6 Å². The number of aromatic amines is 1. The van der Waals surface area contributed by atoms with Gasteiger partial charge in [-0.05, 0) is 49.4 Å². The molecule has 1 heterocycles. The molecule has 0 bridgehead atoms. The summed E-state index contributed by atoms with van der Waals surface area (Å²) in [6, 6.07) is 3.70. The second kappa shape index (κ2) is 7.68. The Kier molecular flexibility index (Phi) is 5.63. The predicted molar refractivity (Wildman–Crippen MR) is 79.3 cm³/mol. The normalized spacial score (nSPS) is 10.7. The molecule has 0 atom stereocenters. The molecule has 4 nitrogen and oxygen atoms in total. The molecule has 1 aromatic carbocycles. The van der Waals surface area contributed by atoms with Crippen LogP contribution in [0.1, 0.15) is 29.7 Å². The zero-order chi connectivity index (χ0) is 15.9. The predicted octanol–water partition coefficient (Wildman–Crippen LogP) is 2.68. The molecule has 0 saturated carbocycles. The summed E-state index contributed by atoms with van der Waals surface area (Å²) in [4.78, 5) is 11.7. The van der Waals surface area contributed by atoms with Gasteiger partial charge in [0, 0.05) is 18.7 Å². The highest BCUT2D eigenvalue weighted by Gasteiger charge is 2.06. The molecule has 1 aromatic heterocycles. The van der Waals surface area contributed by atoms with Crippen molar-refractivity contribution in [3.8, 4) is 0 Å². The number of aryl methyl sites for hydroxylation is 3. The Morgan fingerprint density at radius 1 is 1.27 bits per heavy atom. The number of hydrogen-bond acceptors (Lipinski definition) is 2. The van der Waals surface area contributed by atoms with Crippen LogP contribution in [0.15, 0.2) is 24.4 Å². The Labute approximate surface area is 127 Å². The van der Waals surface area contributed by atoms with Gasteiger partial charge in [-0.3, -0.25) is 9.89 Å². The Bertz CT molecular complexity index is 640. The molecule has 6 heteroatoms. The van der Waals surface area contributed by atoms with Gasteiger partial charge in [-0.2, -0.15) is 5.10 Å². The van der Waals surface area contributed by atoms with Gasteiger partial charge in [0.2, 0.25) is 5.91 Å². The summed E-state index contributed by atoms with van der Waals surface area (Å²) in [7, 11) is 0. The van der Waals surface area contributed by atoms with Crippen LogP contribution < -0.4 is 5.32 Å². The van der Waals surface area contributed by atoms with E-state index < -0.39 is 11.6 Å². The maximum Gasteiger partial charge on any atom is 0.220 e. The molecule has 0 unspecified atom stereocenters. The standard InChI is InChI=1S/C16H19F2N3O/c1-11-13(10-20-21-11)3-2-8-19-16(22)7-5-12-4-6-14(17)15(18)9-12/h4,6,9-10H,2-3,5,7-8H2,1H3,(H,19,22)(H,20,21). The van der Waals surface area contributed by atoms with E-state index in [1.54, 1.807) is 6.20 Å². The molecule has 0 fully saturated rings. The van der Waals surface area contributed by atoms with E-state index >= 15 is 0 Å². The van der Waals surface area contributed by atoms with Crippen molar-refractivity contribution in [2.75, 3.05) is 6.54 Å². The summed E-state index contributed by atoms with van der Waals surface area (Å²) in [5.41, 5.74) is 2.81. The molecule has 0 aliphatic heterocycles. The number of rotatable bonds is 7. The minimum atomic E-state index is -0.881. The Balaban J connectivity index is 1.65. The number of aromatic nitrogens is 2. The van der Waals surface area contributed by atoms with Crippen molar-refractivity contribution in [3.05, 3.63) is 52.9 Å². The van der Waals surface area contributed by atoms with Gasteiger partial charge in [-0.1, -0.05) is 6.07 Å². The SMILES string of the molecule is Cc1[nH]ncc1CCCNC(=O)CCc1ccc(F)c(F)c1. The minimum Gasteiger partial charge on any atom is -0.356 e. The lowest BCUT2D eigenvalue weighted by Gasteiger charge is -2.05. The second-order valence-electron chi connectivity index (χ2n) is 5.22. The van der Waals surface area contributed by atoms with Crippen LogP contribution in [-0.4, -0.2) is 22.6 Å². The summed E-state index contributed by atoms with van der Waals surface area (Å²) in [6.45, 7) is 2.55. The van der Waals surface area contributed by atoms with Crippen LogP contribution in [-0.2, 0) is 17.6 Å². The maximum atomic E-state index is 13.0. The third-order valence-electron chi connectivity index (χ3n) is 3.50. The molecular weight excluding hydrogens is 288 g/mol. The number of nitrogens with zero attached hydrogens (tertiary/aromatic N) is 1. The van der Waals surface area contributed by atoms with Crippen LogP contribution in [0.4, 0.5) is 8.78 Å². The first-order valence-electron chi connectivity index (χ1n) is 7.25. The average Bonchev–Trinajstić information content (AvgIpc) is 2.90. The zero-order valence-electron chi connectivity index (χ0n) is 12.5. The highest BCUT2D eigenvalue weighted by molar-refractivity contribution is 5.76.